The van der Waals surface area contributed by atoms with Gasteiger partial charge in [-0.1, -0.05) is 36.4 Å². The van der Waals surface area contributed by atoms with Crippen molar-refractivity contribution < 1.29 is 28.7 Å². The summed E-state index contributed by atoms with van der Waals surface area (Å²) in [6.07, 6.45) is 1.50. The van der Waals surface area contributed by atoms with Gasteiger partial charge in [0.2, 0.25) is 0 Å². The van der Waals surface area contributed by atoms with Gasteiger partial charge in [0, 0.05) is 12.1 Å². The fraction of sp³-hybridized carbons (Fsp3) is 0.167. The maximum Gasteiger partial charge on any atom is 0.349 e. The van der Waals surface area contributed by atoms with E-state index in [1.54, 1.807) is 12.1 Å². The monoisotopic (exact) mass is 435 g/mol. The smallest absolute Gasteiger partial charge is 0.349 e. The van der Waals surface area contributed by atoms with Crippen molar-refractivity contribution in [3.63, 3.8) is 0 Å². The molecule has 0 saturated carbocycles. The summed E-state index contributed by atoms with van der Waals surface area (Å²) in [6, 6.07) is 21.4. The lowest BCUT2D eigenvalue weighted by atomic mass is 10.1. The van der Waals surface area contributed by atoms with E-state index in [1.807, 2.05) is 30.3 Å². The summed E-state index contributed by atoms with van der Waals surface area (Å²) in [5.41, 5.74) is 1.36. The van der Waals surface area contributed by atoms with Crippen molar-refractivity contribution in [2.45, 2.75) is 12.8 Å². The van der Waals surface area contributed by atoms with E-state index in [9.17, 15) is 19.7 Å². The molecule has 0 aliphatic rings. The van der Waals surface area contributed by atoms with Crippen LogP contribution in [0.15, 0.2) is 78.9 Å². The average molecular weight is 435 g/mol. The molecule has 8 heteroatoms. The molecule has 0 unspecified atom stereocenters. The molecule has 0 saturated heterocycles. The molecule has 0 aliphatic carbocycles. The van der Waals surface area contributed by atoms with Crippen molar-refractivity contribution in [3.05, 3.63) is 100 Å². The van der Waals surface area contributed by atoms with Gasteiger partial charge in [0.05, 0.1) is 17.1 Å². The molecular weight excluding hydrogens is 414 g/mol. The van der Waals surface area contributed by atoms with Crippen LogP contribution in [-0.2, 0) is 16.0 Å². The van der Waals surface area contributed by atoms with Gasteiger partial charge in [0.25, 0.3) is 5.69 Å². The topological polar surface area (TPSA) is 105 Å². The molecule has 8 nitrogen and oxygen atoms in total. The number of hydrogen-bond donors (Lipinski definition) is 0. The SMILES string of the molecule is O=C(COc1ccc([N+](=O)[O-])cc1)Oc1cccc(C(=O)OCCCc2ccccc2)c1. The predicted octanol–water partition coefficient (Wildman–Crippen LogP) is 4.37. The van der Waals surface area contributed by atoms with Gasteiger partial charge < -0.3 is 14.2 Å². The van der Waals surface area contributed by atoms with Crippen LogP contribution in [0.5, 0.6) is 11.5 Å². The van der Waals surface area contributed by atoms with Crippen LogP contribution in [-0.4, -0.2) is 30.1 Å². The lowest BCUT2D eigenvalue weighted by molar-refractivity contribution is -0.384. The zero-order valence-electron chi connectivity index (χ0n) is 17.1. The second kappa shape index (κ2) is 11.3. The number of non-ortho nitro benzene ring substituents is 1. The standard InChI is InChI=1S/C24H21NO7/c26-23(17-31-21-13-11-20(12-14-21)25(28)29)32-22-10-4-9-19(16-22)24(27)30-15-5-8-18-6-2-1-3-7-18/h1-4,6-7,9-14,16H,5,8,15,17H2. The number of aryl methyl sites for hydroxylation is 1. The van der Waals surface area contributed by atoms with Gasteiger partial charge >= 0.3 is 11.9 Å². The summed E-state index contributed by atoms with van der Waals surface area (Å²) in [7, 11) is 0. The van der Waals surface area contributed by atoms with Crippen LogP contribution in [0.1, 0.15) is 22.3 Å². The van der Waals surface area contributed by atoms with Gasteiger partial charge in [0.15, 0.2) is 6.61 Å². The zero-order valence-corrected chi connectivity index (χ0v) is 17.1. The maximum absolute atomic E-state index is 12.2. The van der Waals surface area contributed by atoms with Gasteiger partial charge in [-0.05, 0) is 48.7 Å². The second-order valence-electron chi connectivity index (χ2n) is 6.77. The molecule has 0 N–H and O–H groups in total. The molecule has 32 heavy (non-hydrogen) atoms. The Morgan fingerprint density at radius 2 is 1.62 bits per heavy atom. The molecule has 0 radical (unpaired) electrons. The molecule has 0 aliphatic heterocycles. The van der Waals surface area contributed by atoms with Gasteiger partial charge in [-0.2, -0.15) is 0 Å². The first kappa shape index (κ1) is 22.5. The molecule has 0 heterocycles. The average Bonchev–Trinajstić information content (AvgIpc) is 2.81. The number of nitro groups is 1. The van der Waals surface area contributed by atoms with Crippen molar-refractivity contribution >= 4 is 17.6 Å². The third-order valence-electron chi connectivity index (χ3n) is 4.39. The zero-order chi connectivity index (χ0) is 22.8. The number of nitrogens with zero attached hydrogens (tertiary/aromatic N) is 1. The number of carbonyl (C=O) groups is 2. The van der Waals surface area contributed by atoms with Crippen LogP contribution in [0.25, 0.3) is 0 Å². The number of benzene rings is 3. The first-order chi connectivity index (χ1) is 15.5. The van der Waals surface area contributed by atoms with Gasteiger partial charge in [0.1, 0.15) is 11.5 Å². The molecule has 0 amide bonds. The Balaban J connectivity index is 1.44. The highest BCUT2D eigenvalue weighted by atomic mass is 16.6. The van der Waals surface area contributed by atoms with Crippen molar-refractivity contribution in [2.75, 3.05) is 13.2 Å². The first-order valence-electron chi connectivity index (χ1n) is 9.90. The fourth-order valence-corrected chi connectivity index (χ4v) is 2.82. The van der Waals surface area contributed by atoms with E-state index in [0.29, 0.717) is 12.2 Å². The molecule has 0 spiro atoms. The summed E-state index contributed by atoms with van der Waals surface area (Å²) in [5, 5.41) is 10.6. The minimum absolute atomic E-state index is 0.0799. The van der Waals surface area contributed by atoms with E-state index in [-0.39, 0.29) is 23.6 Å². The van der Waals surface area contributed by atoms with Crippen LogP contribution in [0.2, 0.25) is 0 Å². The molecule has 3 rings (SSSR count). The number of hydrogen-bond acceptors (Lipinski definition) is 7. The summed E-state index contributed by atoms with van der Waals surface area (Å²) in [4.78, 5) is 34.4. The Bertz CT molecular complexity index is 1070. The highest BCUT2D eigenvalue weighted by Gasteiger charge is 2.12. The van der Waals surface area contributed by atoms with Crippen LogP contribution >= 0.6 is 0 Å². The van der Waals surface area contributed by atoms with E-state index in [2.05, 4.69) is 0 Å². The molecule has 0 bridgehead atoms. The van der Waals surface area contributed by atoms with Crippen molar-refractivity contribution in [1.29, 1.82) is 0 Å². The number of esters is 2. The number of rotatable bonds is 10. The van der Waals surface area contributed by atoms with Gasteiger partial charge in [-0.3, -0.25) is 10.1 Å². The third kappa shape index (κ3) is 6.94. The Morgan fingerprint density at radius 1 is 0.875 bits per heavy atom. The van der Waals surface area contributed by atoms with E-state index < -0.39 is 23.5 Å². The molecular formula is C24H21NO7. The Hall–Kier alpha value is -4.20. The van der Waals surface area contributed by atoms with Crippen molar-refractivity contribution in [3.8, 4) is 11.5 Å². The number of ether oxygens (including phenoxy) is 3. The highest BCUT2D eigenvalue weighted by molar-refractivity contribution is 5.90. The molecule has 0 aromatic heterocycles. The molecule has 0 fully saturated rings. The van der Waals surface area contributed by atoms with E-state index in [0.717, 1.165) is 6.42 Å². The highest BCUT2D eigenvalue weighted by Crippen LogP contribution is 2.18. The Kier molecular flexibility index (Phi) is 7.91. The quantitative estimate of drug-likeness (QED) is 0.153. The number of nitro benzene ring substituents is 1. The van der Waals surface area contributed by atoms with Crippen LogP contribution < -0.4 is 9.47 Å². The lowest BCUT2D eigenvalue weighted by Crippen LogP contribution is -2.18. The molecule has 3 aromatic carbocycles. The van der Waals surface area contributed by atoms with Gasteiger partial charge in [-0.15, -0.1) is 0 Å². The largest absolute Gasteiger partial charge is 0.482 e. The lowest BCUT2D eigenvalue weighted by Gasteiger charge is -2.08. The third-order valence-corrected chi connectivity index (χ3v) is 4.39. The maximum atomic E-state index is 12.2. The predicted molar refractivity (Wildman–Crippen MR) is 116 cm³/mol. The van der Waals surface area contributed by atoms with E-state index in [1.165, 1.54) is 42.0 Å². The van der Waals surface area contributed by atoms with Crippen LogP contribution in [0.3, 0.4) is 0 Å². The minimum atomic E-state index is -0.684. The van der Waals surface area contributed by atoms with Crippen LogP contribution in [0, 0.1) is 10.1 Å². The molecule has 3 aromatic rings. The van der Waals surface area contributed by atoms with Crippen molar-refractivity contribution in [2.24, 2.45) is 0 Å². The summed E-state index contributed by atoms with van der Waals surface area (Å²) in [5.74, 6) is -0.712. The summed E-state index contributed by atoms with van der Waals surface area (Å²) in [6.45, 7) is -0.118. The molecule has 0 atom stereocenters. The number of carbonyl (C=O) groups excluding carboxylic acids is 2. The van der Waals surface area contributed by atoms with Crippen molar-refractivity contribution in [1.82, 2.24) is 0 Å². The first-order valence-corrected chi connectivity index (χ1v) is 9.90. The minimum Gasteiger partial charge on any atom is -0.482 e. The van der Waals surface area contributed by atoms with E-state index >= 15 is 0 Å². The fourth-order valence-electron chi connectivity index (χ4n) is 2.82. The Morgan fingerprint density at radius 3 is 2.34 bits per heavy atom. The second-order valence-corrected chi connectivity index (χ2v) is 6.77. The summed E-state index contributed by atoms with van der Waals surface area (Å²) >= 11 is 0. The van der Waals surface area contributed by atoms with Gasteiger partial charge in [-0.25, -0.2) is 9.59 Å². The molecule has 164 valence electrons. The van der Waals surface area contributed by atoms with E-state index in [4.69, 9.17) is 14.2 Å². The van der Waals surface area contributed by atoms with Crippen LogP contribution in [0.4, 0.5) is 5.69 Å². The summed E-state index contributed by atoms with van der Waals surface area (Å²) < 4.78 is 15.7. The normalized spacial score (nSPS) is 10.2. The Labute approximate surface area is 184 Å².